The second kappa shape index (κ2) is 6.91. The van der Waals surface area contributed by atoms with E-state index in [2.05, 4.69) is 5.32 Å². The molecule has 2 amide bonds. The number of benzene rings is 1. The first-order chi connectivity index (χ1) is 12.6. The Morgan fingerprint density at radius 2 is 2.08 bits per heavy atom. The summed E-state index contributed by atoms with van der Waals surface area (Å²) >= 11 is 0. The quantitative estimate of drug-likeness (QED) is 0.814. The van der Waals surface area contributed by atoms with Crippen LogP contribution >= 0.6 is 0 Å². The van der Waals surface area contributed by atoms with Crippen molar-refractivity contribution in [3.8, 4) is 5.75 Å². The largest absolute Gasteiger partial charge is 0.508 e. The third kappa shape index (κ3) is 3.56. The number of nitrogens with one attached hydrogen (secondary N) is 1. The Balaban J connectivity index is 1.27. The van der Waals surface area contributed by atoms with Gasteiger partial charge in [0.15, 0.2) is 0 Å². The van der Waals surface area contributed by atoms with Crippen LogP contribution in [0, 0.1) is 11.8 Å². The van der Waals surface area contributed by atoms with Crippen molar-refractivity contribution < 1.29 is 19.4 Å². The van der Waals surface area contributed by atoms with Gasteiger partial charge in [0.1, 0.15) is 11.4 Å². The maximum atomic E-state index is 12.5. The van der Waals surface area contributed by atoms with E-state index in [1.165, 1.54) is 18.9 Å². The summed E-state index contributed by atoms with van der Waals surface area (Å²) in [5.74, 6) is 1.17. The first kappa shape index (κ1) is 17.3. The number of aromatic hydroxyl groups is 1. The van der Waals surface area contributed by atoms with E-state index in [1.54, 1.807) is 23.1 Å². The summed E-state index contributed by atoms with van der Waals surface area (Å²) in [5.41, 5.74) is 0.245. The molecule has 1 atom stereocenters. The van der Waals surface area contributed by atoms with Crippen LogP contribution in [0.15, 0.2) is 24.3 Å². The van der Waals surface area contributed by atoms with Gasteiger partial charge in [0.25, 0.3) is 5.91 Å². The fraction of sp³-hybridized carbons (Fsp3) is 0.600. The zero-order valence-corrected chi connectivity index (χ0v) is 14.9. The van der Waals surface area contributed by atoms with Crippen LogP contribution in [-0.2, 0) is 9.53 Å². The lowest BCUT2D eigenvalue weighted by Gasteiger charge is -2.50. The highest BCUT2D eigenvalue weighted by molar-refractivity contribution is 5.95. The lowest BCUT2D eigenvalue weighted by atomic mass is 9.78. The van der Waals surface area contributed by atoms with Crippen molar-refractivity contribution in [2.75, 3.05) is 26.2 Å². The van der Waals surface area contributed by atoms with Crippen molar-refractivity contribution in [1.29, 1.82) is 0 Å². The summed E-state index contributed by atoms with van der Waals surface area (Å²) in [7, 11) is 0. The number of phenolic OH excluding ortho intramolecular Hbond substituents is 1. The lowest BCUT2D eigenvalue weighted by molar-refractivity contribution is -0.123. The molecule has 1 spiro atoms. The zero-order chi connectivity index (χ0) is 18.1. The van der Waals surface area contributed by atoms with Crippen molar-refractivity contribution >= 4 is 11.8 Å². The second-order valence-electron chi connectivity index (χ2n) is 7.90. The van der Waals surface area contributed by atoms with Gasteiger partial charge in [0, 0.05) is 25.1 Å². The molecule has 0 bridgehead atoms. The van der Waals surface area contributed by atoms with E-state index in [0.29, 0.717) is 43.5 Å². The average molecular weight is 358 g/mol. The van der Waals surface area contributed by atoms with Gasteiger partial charge in [-0.15, -0.1) is 0 Å². The number of carbonyl (C=O) groups excluding carboxylic acids is 2. The van der Waals surface area contributed by atoms with Gasteiger partial charge < -0.3 is 20.1 Å². The molecule has 6 heteroatoms. The van der Waals surface area contributed by atoms with Crippen LogP contribution < -0.4 is 5.32 Å². The molecule has 1 unspecified atom stereocenters. The fourth-order valence-electron chi connectivity index (χ4n) is 4.15. The molecule has 2 aliphatic heterocycles. The monoisotopic (exact) mass is 358 g/mol. The summed E-state index contributed by atoms with van der Waals surface area (Å²) in [4.78, 5) is 26.1. The molecule has 2 N–H and O–H groups in total. The highest BCUT2D eigenvalue weighted by atomic mass is 16.5. The van der Waals surface area contributed by atoms with E-state index in [1.807, 2.05) is 0 Å². The van der Waals surface area contributed by atoms with Crippen molar-refractivity contribution in [2.24, 2.45) is 11.8 Å². The summed E-state index contributed by atoms with van der Waals surface area (Å²) < 4.78 is 6.01. The molecule has 2 saturated heterocycles. The molecule has 0 radical (unpaired) electrons. The summed E-state index contributed by atoms with van der Waals surface area (Å²) in [6, 6.07) is 6.45. The Bertz CT molecular complexity index is 695. The fourth-order valence-corrected chi connectivity index (χ4v) is 4.15. The van der Waals surface area contributed by atoms with Crippen LogP contribution in [0.2, 0.25) is 0 Å². The van der Waals surface area contributed by atoms with Gasteiger partial charge in [-0.2, -0.15) is 0 Å². The Morgan fingerprint density at radius 1 is 1.27 bits per heavy atom. The normalized spacial score (nSPS) is 23.7. The molecule has 2 heterocycles. The minimum atomic E-state index is -0.256. The molecule has 6 nitrogen and oxygen atoms in total. The molecular formula is C20H26N2O4. The average Bonchev–Trinajstić information content (AvgIpc) is 3.29. The number of hydrogen-bond acceptors (Lipinski definition) is 4. The van der Waals surface area contributed by atoms with Gasteiger partial charge in [-0.25, -0.2) is 0 Å². The summed E-state index contributed by atoms with van der Waals surface area (Å²) in [6.45, 7) is 2.57. The maximum absolute atomic E-state index is 12.5. The highest BCUT2D eigenvalue weighted by Crippen LogP contribution is 2.42. The minimum Gasteiger partial charge on any atom is -0.508 e. The van der Waals surface area contributed by atoms with Crippen LogP contribution in [0.5, 0.6) is 5.75 Å². The number of rotatable bonds is 6. The first-order valence-electron chi connectivity index (χ1n) is 9.55. The van der Waals surface area contributed by atoms with E-state index in [-0.39, 0.29) is 23.2 Å². The number of carbonyl (C=O) groups is 2. The summed E-state index contributed by atoms with van der Waals surface area (Å²) in [6.07, 6.45) is 4.92. The van der Waals surface area contributed by atoms with Crippen molar-refractivity contribution in [2.45, 2.75) is 37.7 Å². The zero-order valence-electron chi connectivity index (χ0n) is 14.9. The molecule has 1 aromatic rings. The second-order valence-corrected chi connectivity index (χ2v) is 7.90. The Hall–Kier alpha value is -2.08. The van der Waals surface area contributed by atoms with E-state index >= 15 is 0 Å². The van der Waals surface area contributed by atoms with Gasteiger partial charge in [-0.1, -0.05) is 6.07 Å². The molecule has 1 saturated carbocycles. The van der Waals surface area contributed by atoms with E-state index in [0.717, 1.165) is 19.4 Å². The standard InChI is InChI=1S/C20H26N2O4/c23-17-3-1-2-15(11-17)19(25)22-12-20(13-22)16(7-9-26-20)6-8-21-18(24)10-14-4-5-14/h1-3,11,14,16,23H,4-10,12-13H2,(H,21,24). The minimum absolute atomic E-state index is 0.0708. The first-order valence-corrected chi connectivity index (χ1v) is 9.55. The van der Waals surface area contributed by atoms with Gasteiger partial charge in [0.05, 0.1) is 13.1 Å². The van der Waals surface area contributed by atoms with E-state index in [9.17, 15) is 14.7 Å². The molecule has 26 heavy (non-hydrogen) atoms. The van der Waals surface area contributed by atoms with Crippen LogP contribution in [-0.4, -0.2) is 53.7 Å². The topological polar surface area (TPSA) is 78.9 Å². The molecule has 1 aromatic carbocycles. The molecule has 3 aliphatic rings. The number of nitrogens with zero attached hydrogens (tertiary/aromatic N) is 1. The Labute approximate surface area is 153 Å². The third-order valence-corrected chi connectivity index (χ3v) is 5.88. The van der Waals surface area contributed by atoms with Gasteiger partial charge >= 0.3 is 0 Å². The van der Waals surface area contributed by atoms with E-state index < -0.39 is 0 Å². The molecule has 1 aliphatic carbocycles. The smallest absolute Gasteiger partial charge is 0.254 e. The van der Waals surface area contributed by atoms with Crippen molar-refractivity contribution in [3.63, 3.8) is 0 Å². The van der Waals surface area contributed by atoms with Crippen LogP contribution in [0.1, 0.15) is 42.5 Å². The molecule has 4 rings (SSSR count). The number of amides is 2. The summed E-state index contributed by atoms with van der Waals surface area (Å²) in [5, 5.41) is 12.6. The lowest BCUT2D eigenvalue weighted by Crippen LogP contribution is -2.66. The Morgan fingerprint density at radius 3 is 2.81 bits per heavy atom. The number of ether oxygens (including phenoxy) is 1. The number of likely N-dealkylation sites (tertiary alicyclic amines) is 1. The van der Waals surface area contributed by atoms with Gasteiger partial charge in [-0.05, 0) is 55.7 Å². The Kier molecular flexibility index (Phi) is 4.61. The SMILES string of the molecule is O=C(CC1CC1)NCCC1CCOC12CN(C(=O)c1cccc(O)c1)C2. The molecular weight excluding hydrogens is 332 g/mol. The van der Waals surface area contributed by atoms with Crippen LogP contribution in [0.4, 0.5) is 0 Å². The molecule has 3 fully saturated rings. The molecule has 140 valence electrons. The predicted molar refractivity (Wildman–Crippen MR) is 95.8 cm³/mol. The van der Waals surface area contributed by atoms with Crippen molar-refractivity contribution in [3.05, 3.63) is 29.8 Å². The van der Waals surface area contributed by atoms with Crippen LogP contribution in [0.25, 0.3) is 0 Å². The van der Waals surface area contributed by atoms with Gasteiger partial charge in [-0.3, -0.25) is 9.59 Å². The van der Waals surface area contributed by atoms with Crippen molar-refractivity contribution in [1.82, 2.24) is 10.2 Å². The number of hydrogen-bond donors (Lipinski definition) is 2. The number of phenols is 1. The third-order valence-electron chi connectivity index (χ3n) is 5.88. The molecule has 0 aromatic heterocycles. The predicted octanol–water partition coefficient (Wildman–Crippen LogP) is 1.93. The van der Waals surface area contributed by atoms with Crippen LogP contribution in [0.3, 0.4) is 0 Å². The highest BCUT2D eigenvalue weighted by Gasteiger charge is 2.54. The maximum Gasteiger partial charge on any atom is 0.254 e. The van der Waals surface area contributed by atoms with Gasteiger partial charge in [0.2, 0.25) is 5.91 Å². The van der Waals surface area contributed by atoms with E-state index in [4.69, 9.17) is 4.74 Å².